The summed E-state index contributed by atoms with van der Waals surface area (Å²) >= 11 is 0. The minimum absolute atomic E-state index is 0.650. The van der Waals surface area contributed by atoms with E-state index in [2.05, 4.69) is 21.7 Å². The predicted octanol–water partition coefficient (Wildman–Crippen LogP) is 0.522. The van der Waals surface area contributed by atoms with Gasteiger partial charge < -0.3 is 0 Å². The van der Waals surface area contributed by atoms with E-state index in [0.717, 1.165) is 5.56 Å². The van der Waals surface area contributed by atoms with Gasteiger partial charge in [-0.2, -0.15) is 4.80 Å². The summed E-state index contributed by atoms with van der Waals surface area (Å²) in [6.45, 7) is 0.650. The average Bonchev–Trinajstić information content (AvgIpc) is 2.59. The molecule has 4 heteroatoms. The van der Waals surface area contributed by atoms with Crippen LogP contribution in [0.5, 0.6) is 0 Å². The lowest BCUT2D eigenvalue weighted by atomic mass is 10.2. The third kappa shape index (κ3) is 1.47. The van der Waals surface area contributed by atoms with Gasteiger partial charge in [0.2, 0.25) is 6.33 Å². The molecule has 0 atom stereocenters. The first-order valence-electron chi connectivity index (χ1n) is 3.63. The van der Waals surface area contributed by atoms with E-state index in [1.54, 1.807) is 0 Å². The van der Waals surface area contributed by atoms with Gasteiger partial charge >= 0.3 is 0 Å². The lowest BCUT2D eigenvalue weighted by molar-refractivity contribution is 0.572. The standard InChI is InChI=1S/C8H7N4/c1-2-4-8(5-3-1)6-12-10-7-9-11-12/h1-5H,6H2. The fraction of sp³-hybridized carbons (Fsp3) is 0.125. The highest BCUT2D eigenvalue weighted by molar-refractivity contribution is 5.14. The van der Waals surface area contributed by atoms with Crippen LogP contribution >= 0.6 is 0 Å². The number of aromatic nitrogens is 4. The number of rotatable bonds is 2. The van der Waals surface area contributed by atoms with Crippen molar-refractivity contribution in [2.45, 2.75) is 6.54 Å². The summed E-state index contributed by atoms with van der Waals surface area (Å²) in [6, 6.07) is 9.98. The van der Waals surface area contributed by atoms with Crippen molar-refractivity contribution in [3.8, 4) is 0 Å². The fourth-order valence-corrected chi connectivity index (χ4v) is 0.977. The Morgan fingerprint density at radius 1 is 1.25 bits per heavy atom. The van der Waals surface area contributed by atoms with Gasteiger partial charge in [0, 0.05) is 0 Å². The first kappa shape index (κ1) is 6.97. The van der Waals surface area contributed by atoms with Gasteiger partial charge in [0.1, 0.15) is 0 Å². The zero-order valence-corrected chi connectivity index (χ0v) is 6.38. The molecule has 0 bridgehead atoms. The quantitative estimate of drug-likeness (QED) is 0.641. The molecule has 0 amide bonds. The van der Waals surface area contributed by atoms with E-state index in [-0.39, 0.29) is 0 Å². The van der Waals surface area contributed by atoms with Gasteiger partial charge in [0.15, 0.2) is 0 Å². The minimum atomic E-state index is 0.650. The van der Waals surface area contributed by atoms with Crippen LogP contribution in [-0.2, 0) is 6.54 Å². The van der Waals surface area contributed by atoms with Crippen LogP contribution in [0, 0.1) is 6.33 Å². The monoisotopic (exact) mass is 159 g/mol. The average molecular weight is 159 g/mol. The summed E-state index contributed by atoms with van der Waals surface area (Å²) < 4.78 is 0. The van der Waals surface area contributed by atoms with Gasteiger partial charge in [-0.05, 0) is 10.8 Å². The van der Waals surface area contributed by atoms with E-state index in [1.807, 2.05) is 30.3 Å². The molecule has 1 radical (unpaired) electrons. The number of tetrazole rings is 1. The van der Waals surface area contributed by atoms with Crippen molar-refractivity contribution in [2.24, 2.45) is 0 Å². The summed E-state index contributed by atoms with van der Waals surface area (Å²) in [5.74, 6) is 0. The van der Waals surface area contributed by atoms with Gasteiger partial charge in [0.05, 0.1) is 6.54 Å². The highest BCUT2D eigenvalue weighted by atomic mass is 15.6. The number of hydrogen-bond donors (Lipinski definition) is 0. The molecule has 59 valence electrons. The topological polar surface area (TPSA) is 43.6 Å². The van der Waals surface area contributed by atoms with Gasteiger partial charge in [-0.1, -0.05) is 30.3 Å². The second-order valence-corrected chi connectivity index (χ2v) is 2.41. The van der Waals surface area contributed by atoms with Crippen molar-refractivity contribution in [2.75, 3.05) is 0 Å². The fourth-order valence-electron chi connectivity index (χ4n) is 0.977. The Labute approximate surface area is 69.8 Å². The maximum absolute atomic E-state index is 3.78. The predicted molar refractivity (Wildman–Crippen MR) is 42.2 cm³/mol. The minimum Gasteiger partial charge on any atom is -0.159 e. The normalized spacial score (nSPS) is 10.0. The molecule has 2 aromatic rings. The molecule has 0 saturated carbocycles. The molecule has 0 N–H and O–H groups in total. The third-order valence-electron chi connectivity index (χ3n) is 1.52. The Balaban J connectivity index is 2.15. The summed E-state index contributed by atoms with van der Waals surface area (Å²) in [5, 5.41) is 11.0. The molecule has 12 heavy (non-hydrogen) atoms. The van der Waals surface area contributed by atoms with Crippen LogP contribution < -0.4 is 0 Å². The molecular weight excluding hydrogens is 152 g/mol. The van der Waals surface area contributed by atoms with E-state index >= 15 is 0 Å². The highest BCUT2D eigenvalue weighted by Crippen LogP contribution is 1.98. The first-order chi connectivity index (χ1) is 5.95. The molecule has 1 heterocycles. The van der Waals surface area contributed by atoms with Gasteiger partial charge in [0.25, 0.3) is 0 Å². The van der Waals surface area contributed by atoms with Crippen LogP contribution in [-0.4, -0.2) is 20.2 Å². The number of nitrogens with zero attached hydrogens (tertiary/aromatic N) is 4. The maximum Gasteiger partial charge on any atom is 0.245 e. The molecule has 0 fully saturated rings. The lowest BCUT2D eigenvalue weighted by Crippen LogP contribution is -2.03. The number of hydrogen-bond acceptors (Lipinski definition) is 3. The van der Waals surface area contributed by atoms with E-state index in [1.165, 1.54) is 4.80 Å². The molecule has 0 aliphatic rings. The molecule has 0 spiro atoms. The van der Waals surface area contributed by atoms with Crippen molar-refractivity contribution in [3.05, 3.63) is 42.2 Å². The second kappa shape index (κ2) is 3.13. The Bertz CT molecular complexity index is 327. The van der Waals surface area contributed by atoms with Crippen molar-refractivity contribution in [1.82, 2.24) is 20.2 Å². The smallest absolute Gasteiger partial charge is 0.159 e. The molecular formula is C8H7N4. The molecule has 2 rings (SSSR count). The van der Waals surface area contributed by atoms with Crippen molar-refractivity contribution < 1.29 is 0 Å². The maximum atomic E-state index is 3.78. The van der Waals surface area contributed by atoms with Gasteiger partial charge in [-0.3, -0.25) is 0 Å². The van der Waals surface area contributed by atoms with Crippen LogP contribution in [0.2, 0.25) is 0 Å². The molecule has 1 aromatic heterocycles. The molecule has 0 aliphatic heterocycles. The molecule has 0 unspecified atom stereocenters. The second-order valence-electron chi connectivity index (χ2n) is 2.41. The zero-order valence-electron chi connectivity index (χ0n) is 6.38. The number of benzene rings is 1. The SMILES string of the molecule is [c]1nnn(Cc2ccccc2)n1. The third-order valence-corrected chi connectivity index (χ3v) is 1.52. The van der Waals surface area contributed by atoms with Crippen LogP contribution in [0.3, 0.4) is 0 Å². The van der Waals surface area contributed by atoms with Crippen molar-refractivity contribution in [3.63, 3.8) is 0 Å². The summed E-state index contributed by atoms with van der Waals surface area (Å²) in [4.78, 5) is 1.50. The lowest BCUT2D eigenvalue weighted by Gasteiger charge is -1.96. The van der Waals surface area contributed by atoms with Crippen LogP contribution in [0.4, 0.5) is 0 Å². The van der Waals surface area contributed by atoms with E-state index < -0.39 is 0 Å². The summed E-state index contributed by atoms with van der Waals surface area (Å²) in [5.41, 5.74) is 1.16. The zero-order chi connectivity index (χ0) is 8.23. The summed E-state index contributed by atoms with van der Waals surface area (Å²) in [7, 11) is 0. The van der Waals surface area contributed by atoms with Crippen LogP contribution in [0.1, 0.15) is 5.56 Å². The Morgan fingerprint density at radius 3 is 2.75 bits per heavy atom. The van der Waals surface area contributed by atoms with Gasteiger partial charge in [-0.15, -0.1) is 10.2 Å². The molecule has 1 aromatic carbocycles. The van der Waals surface area contributed by atoms with E-state index in [4.69, 9.17) is 0 Å². The largest absolute Gasteiger partial charge is 0.245 e. The molecule has 0 saturated heterocycles. The molecule has 4 nitrogen and oxygen atoms in total. The highest BCUT2D eigenvalue weighted by Gasteiger charge is 1.94. The van der Waals surface area contributed by atoms with Crippen molar-refractivity contribution >= 4 is 0 Å². The Kier molecular flexibility index (Phi) is 1.82. The molecule has 0 aliphatic carbocycles. The Morgan fingerprint density at radius 2 is 2.08 bits per heavy atom. The van der Waals surface area contributed by atoms with Crippen molar-refractivity contribution in [1.29, 1.82) is 0 Å². The Hall–Kier alpha value is -1.71. The van der Waals surface area contributed by atoms with Crippen LogP contribution in [0.15, 0.2) is 30.3 Å². The van der Waals surface area contributed by atoms with E-state index in [9.17, 15) is 0 Å². The summed E-state index contributed by atoms with van der Waals surface area (Å²) in [6.07, 6.45) is 2.40. The first-order valence-corrected chi connectivity index (χ1v) is 3.63. The van der Waals surface area contributed by atoms with Gasteiger partial charge in [-0.25, -0.2) is 0 Å². The van der Waals surface area contributed by atoms with Crippen LogP contribution in [0.25, 0.3) is 0 Å². The van der Waals surface area contributed by atoms with E-state index in [0.29, 0.717) is 6.54 Å².